The van der Waals surface area contributed by atoms with E-state index >= 15 is 0 Å². The summed E-state index contributed by atoms with van der Waals surface area (Å²) in [5, 5.41) is 0. The molecule has 3 heteroatoms. The van der Waals surface area contributed by atoms with E-state index in [1.165, 1.54) is 0 Å². The quantitative estimate of drug-likeness (QED) is 0.586. The predicted molar refractivity (Wildman–Crippen MR) is 51.8 cm³/mol. The molecule has 0 aliphatic carbocycles. The summed E-state index contributed by atoms with van der Waals surface area (Å²) in [5.74, 6) is 6.60. The Balaban J connectivity index is 2.37. The van der Waals surface area contributed by atoms with Gasteiger partial charge >= 0.3 is 0 Å². The lowest BCUT2D eigenvalue weighted by atomic mass is 9.97. The Hall–Kier alpha value is -1.01. The molecule has 1 heterocycles. The van der Waals surface area contributed by atoms with Crippen molar-refractivity contribution < 1.29 is 4.79 Å². The Bertz CT molecular complexity index is 231. The molecule has 0 aromatic rings. The van der Waals surface area contributed by atoms with E-state index in [9.17, 15) is 4.79 Å². The zero-order chi connectivity index (χ0) is 9.68. The summed E-state index contributed by atoms with van der Waals surface area (Å²) in [7, 11) is 0. The van der Waals surface area contributed by atoms with Crippen molar-refractivity contribution in [3.8, 4) is 11.8 Å². The third kappa shape index (κ3) is 2.74. The molecule has 0 aromatic heterocycles. The molecule has 0 saturated carbocycles. The van der Waals surface area contributed by atoms with Crippen LogP contribution in [0.25, 0.3) is 0 Å². The number of rotatable bonds is 1. The first-order valence-corrected chi connectivity index (χ1v) is 4.68. The van der Waals surface area contributed by atoms with E-state index in [1.807, 2.05) is 11.8 Å². The Morgan fingerprint density at radius 1 is 1.54 bits per heavy atom. The van der Waals surface area contributed by atoms with Crippen molar-refractivity contribution in [1.82, 2.24) is 4.90 Å². The molecule has 1 aliphatic heterocycles. The SMILES string of the molecule is CC#CC1CCN(C(=O)CN)CC1. The van der Waals surface area contributed by atoms with Crippen LogP contribution in [-0.2, 0) is 4.79 Å². The van der Waals surface area contributed by atoms with Crippen LogP contribution in [0.5, 0.6) is 0 Å². The maximum Gasteiger partial charge on any atom is 0.236 e. The van der Waals surface area contributed by atoms with E-state index in [0.29, 0.717) is 5.92 Å². The Labute approximate surface area is 79.3 Å². The van der Waals surface area contributed by atoms with Gasteiger partial charge in [-0.05, 0) is 19.8 Å². The lowest BCUT2D eigenvalue weighted by molar-refractivity contribution is -0.130. The first-order chi connectivity index (χ1) is 6.27. The fourth-order valence-corrected chi connectivity index (χ4v) is 1.61. The van der Waals surface area contributed by atoms with Crippen LogP contribution in [0.3, 0.4) is 0 Å². The Kier molecular flexibility index (Phi) is 3.78. The van der Waals surface area contributed by atoms with Gasteiger partial charge in [0.05, 0.1) is 6.54 Å². The van der Waals surface area contributed by atoms with Gasteiger partial charge < -0.3 is 10.6 Å². The topological polar surface area (TPSA) is 46.3 Å². The van der Waals surface area contributed by atoms with Crippen molar-refractivity contribution in [2.24, 2.45) is 11.7 Å². The second-order valence-corrected chi connectivity index (χ2v) is 3.25. The molecule has 0 spiro atoms. The van der Waals surface area contributed by atoms with Crippen LogP contribution in [0.4, 0.5) is 0 Å². The lowest BCUT2D eigenvalue weighted by Gasteiger charge is -2.29. The van der Waals surface area contributed by atoms with E-state index in [2.05, 4.69) is 11.8 Å². The average molecular weight is 180 g/mol. The van der Waals surface area contributed by atoms with Crippen LogP contribution in [0.15, 0.2) is 0 Å². The molecule has 1 fully saturated rings. The van der Waals surface area contributed by atoms with Crippen LogP contribution in [-0.4, -0.2) is 30.4 Å². The number of likely N-dealkylation sites (tertiary alicyclic amines) is 1. The molecule has 1 rings (SSSR count). The molecule has 1 aliphatic rings. The number of carbonyl (C=O) groups excluding carboxylic acids is 1. The fourth-order valence-electron chi connectivity index (χ4n) is 1.61. The highest BCUT2D eigenvalue weighted by molar-refractivity contribution is 5.78. The molecule has 1 amide bonds. The van der Waals surface area contributed by atoms with Crippen LogP contribution in [0.2, 0.25) is 0 Å². The van der Waals surface area contributed by atoms with E-state index in [-0.39, 0.29) is 12.5 Å². The van der Waals surface area contributed by atoms with Gasteiger partial charge in [0.15, 0.2) is 0 Å². The van der Waals surface area contributed by atoms with Crippen molar-refractivity contribution in [2.75, 3.05) is 19.6 Å². The average Bonchev–Trinajstić information content (AvgIpc) is 2.18. The monoisotopic (exact) mass is 180 g/mol. The number of hydrogen-bond donors (Lipinski definition) is 1. The van der Waals surface area contributed by atoms with Crippen molar-refractivity contribution in [2.45, 2.75) is 19.8 Å². The summed E-state index contributed by atoms with van der Waals surface area (Å²) >= 11 is 0. The number of piperidine rings is 1. The Morgan fingerprint density at radius 2 is 2.15 bits per heavy atom. The maximum atomic E-state index is 11.2. The lowest BCUT2D eigenvalue weighted by Crippen LogP contribution is -2.41. The third-order valence-corrected chi connectivity index (χ3v) is 2.37. The molecule has 0 radical (unpaired) electrons. The van der Waals surface area contributed by atoms with Gasteiger partial charge in [-0.2, -0.15) is 0 Å². The van der Waals surface area contributed by atoms with Crippen molar-refractivity contribution in [3.63, 3.8) is 0 Å². The molecule has 1 saturated heterocycles. The standard InChI is InChI=1S/C10H16N2O/c1-2-3-9-4-6-12(7-5-9)10(13)8-11/h9H,4-8,11H2,1H3. The molecular formula is C10H16N2O. The number of carbonyl (C=O) groups is 1. The fraction of sp³-hybridized carbons (Fsp3) is 0.700. The largest absolute Gasteiger partial charge is 0.342 e. The van der Waals surface area contributed by atoms with Gasteiger partial charge in [-0.15, -0.1) is 11.8 Å². The van der Waals surface area contributed by atoms with Crippen molar-refractivity contribution in [1.29, 1.82) is 0 Å². The third-order valence-electron chi connectivity index (χ3n) is 2.37. The molecule has 0 bridgehead atoms. The minimum absolute atomic E-state index is 0.0582. The number of nitrogens with two attached hydrogens (primary N) is 1. The second kappa shape index (κ2) is 4.88. The summed E-state index contributed by atoms with van der Waals surface area (Å²) < 4.78 is 0. The Morgan fingerprint density at radius 3 is 2.62 bits per heavy atom. The first-order valence-electron chi connectivity index (χ1n) is 4.68. The minimum Gasteiger partial charge on any atom is -0.342 e. The minimum atomic E-state index is 0.0582. The highest BCUT2D eigenvalue weighted by atomic mass is 16.2. The summed E-state index contributed by atoms with van der Waals surface area (Å²) in [6, 6.07) is 0. The number of hydrogen-bond acceptors (Lipinski definition) is 2. The summed E-state index contributed by atoms with van der Waals surface area (Å²) in [6.07, 6.45) is 1.99. The maximum absolute atomic E-state index is 11.2. The molecule has 2 N–H and O–H groups in total. The van der Waals surface area contributed by atoms with E-state index in [4.69, 9.17) is 5.73 Å². The van der Waals surface area contributed by atoms with E-state index < -0.39 is 0 Å². The van der Waals surface area contributed by atoms with Crippen molar-refractivity contribution in [3.05, 3.63) is 0 Å². The first kappa shape index (κ1) is 10.1. The van der Waals surface area contributed by atoms with Crippen LogP contribution in [0, 0.1) is 17.8 Å². The van der Waals surface area contributed by atoms with E-state index in [0.717, 1.165) is 25.9 Å². The molecular weight excluding hydrogens is 164 g/mol. The van der Waals surface area contributed by atoms with Crippen LogP contribution >= 0.6 is 0 Å². The van der Waals surface area contributed by atoms with Gasteiger partial charge in [-0.1, -0.05) is 0 Å². The zero-order valence-electron chi connectivity index (χ0n) is 8.05. The molecule has 0 atom stereocenters. The van der Waals surface area contributed by atoms with Crippen LogP contribution < -0.4 is 5.73 Å². The van der Waals surface area contributed by atoms with Gasteiger partial charge in [-0.3, -0.25) is 4.79 Å². The second-order valence-electron chi connectivity index (χ2n) is 3.25. The summed E-state index contributed by atoms with van der Waals surface area (Å²) in [6.45, 7) is 3.62. The van der Waals surface area contributed by atoms with Gasteiger partial charge in [0, 0.05) is 19.0 Å². The summed E-state index contributed by atoms with van der Waals surface area (Å²) in [5.41, 5.74) is 5.28. The van der Waals surface area contributed by atoms with Crippen molar-refractivity contribution >= 4 is 5.91 Å². The molecule has 13 heavy (non-hydrogen) atoms. The smallest absolute Gasteiger partial charge is 0.236 e. The highest BCUT2D eigenvalue weighted by Crippen LogP contribution is 2.15. The van der Waals surface area contributed by atoms with Gasteiger partial charge in [0.2, 0.25) is 5.91 Å². The van der Waals surface area contributed by atoms with Gasteiger partial charge in [-0.25, -0.2) is 0 Å². The van der Waals surface area contributed by atoms with Gasteiger partial charge in [0.1, 0.15) is 0 Å². The zero-order valence-corrected chi connectivity index (χ0v) is 8.05. The number of nitrogens with zero attached hydrogens (tertiary/aromatic N) is 1. The number of amides is 1. The van der Waals surface area contributed by atoms with Gasteiger partial charge in [0.25, 0.3) is 0 Å². The normalized spacial score (nSPS) is 17.8. The molecule has 72 valence electrons. The predicted octanol–water partition coefficient (Wildman–Crippen LogP) is 0.207. The van der Waals surface area contributed by atoms with Crippen LogP contribution in [0.1, 0.15) is 19.8 Å². The molecule has 3 nitrogen and oxygen atoms in total. The highest BCUT2D eigenvalue weighted by Gasteiger charge is 2.20. The summed E-state index contributed by atoms with van der Waals surface area (Å²) in [4.78, 5) is 13.0. The molecule has 0 unspecified atom stereocenters. The molecule has 0 aromatic carbocycles. The van der Waals surface area contributed by atoms with E-state index in [1.54, 1.807) is 0 Å².